The molecule has 0 atom stereocenters. The Balaban J connectivity index is 1.55. The molecule has 0 radical (unpaired) electrons. The number of rotatable bonds is 4. The van der Waals surface area contributed by atoms with Crippen LogP contribution in [0.4, 0.5) is 9.18 Å². The molecule has 1 amide bonds. The van der Waals surface area contributed by atoms with Crippen LogP contribution < -0.4 is 5.32 Å². The lowest BCUT2D eigenvalue weighted by atomic mass is 10.1. The van der Waals surface area contributed by atoms with E-state index < -0.39 is 11.9 Å². The SMILES string of the molecule is CNC(=O)OCCn1cc(-c2cnc3ccc(C#Cc4cc(Cl)ccc4F)cc3c2)cn1. The summed E-state index contributed by atoms with van der Waals surface area (Å²) in [5, 5.41) is 8.03. The number of alkyl carbamates (subject to hydrolysis) is 1. The molecule has 0 saturated carbocycles. The van der Waals surface area contributed by atoms with Gasteiger partial charge in [-0.15, -0.1) is 0 Å². The van der Waals surface area contributed by atoms with Crippen molar-refractivity contribution in [1.82, 2.24) is 20.1 Å². The lowest BCUT2D eigenvalue weighted by Crippen LogP contribution is -2.21. The number of fused-ring (bicyclic) bond motifs is 1. The second-order valence-electron chi connectivity index (χ2n) is 6.88. The molecule has 0 aliphatic rings. The van der Waals surface area contributed by atoms with Crippen molar-refractivity contribution in [2.45, 2.75) is 6.54 Å². The van der Waals surface area contributed by atoms with E-state index in [-0.39, 0.29) is 12.2 Å². The van der Waals surface area contributed by atoms with Gasteiger partial charge in [-0.1, -0.05) is 23.4 Å². The zero-order valence-corrected chi connectivity index (χ0v) is 17.9. The number of benzene rings is 2. The topological polar surface area (TPSA) is 69.0 Å². The van der Waals surface area contributed by atoms with Crippen molar-refractivity contribution in [1.29, 1.82) is 0 Å². The van der Waals surface area contributed by atoms with Gasteiger partial charge in [0.25, 0.3) is 0 Å². The molecular weight excluding hydrogens is 431 g/mol. The van der Waals surface area contributed by atoms with Gasteiger partial charge in [-0.25, -0.2) is 9.18 Å². The third-order valence-corrected chi connectivity index (χ3v) is 4.91. The van der Waals surface area contributed by atoms with Crippen LogP contribution in [0.25, 0.3) is 22.0 Å². The first kappa shape index (κ1) is 21.3. The highest BCUT2D eigenvalue weighted by molar-refractivity contribution is 6.30. The smallest absolute Gasteiger partial charge is 0.406 e. The van der Waals surface area contributed by atoms with Gasteiger partial charge in [0.1, 0.15) is 12.4 Å². The number of nitrogens with zero attached hydrogens (tertiary/aromatic N) is 3. The van der Waals surface area contributed by atoms with Gasteiger partial charge in [0.2, 0.25) is 0 Å². The molecule has 2 aromatic carbocycles. The van der Waals surface area contributed by atoms with Crippen molar-refractivity contribution in [3.8, 4) is 23.0 Å². The van der Waals surface area contributed by atoms with Gasteiger partial charge in [0.15, 0.2) is 0 Å². The summed E-state index contributed by atoms with van der Waals surface area (Å²) < 4.78 is 20.6. The van der Waals surface area contributed by atoms with E-state index in [1.807, 2.05) is 30.5 Å². The molecule has 0 aliphatic carbocycles. The van der Waals surface area contributed by atoms with Gasteiger partial charge >= 0.3 is 6.09 Å². The maximum Gasteiger partial charge on any atom is 0.406 e. The molecule has 2 heterocycles. The third kappa shape index (κ3) is 5.05. The quantitative estimate of drug-likeness (QED) is 0.461. The molecule has 1 N–H and O–H groups in total. The number of carbonyl (C=O) groups excluding carboxylic acids is 1. The molecular formula is C24H18ClFN4O2. The summed E-state index contributed by atoms with van der Waals surface area (Å²) in [6, 6.07) is 11.9. The van der Waals surface area contributed by atoms with Crippen LogP contribution in [0.15, 0.2) is 61.1 Å². The van der Waals surface area contributed by atoms with Crippen molar-refractivity contribution in [2.75, 3.05) is 13.7 Å². The van der Waals surface area contributed by atoms with Gasteiger partial charge in [0, 0.05) is 46.5 Å². The number of halogens is 2. The molecule has 160 valence electrons. The Bertz CT molecular complexity index is 1360. The zero-order valence-electron chi connectivity index (χ0n) is 17.1. The minimum Gasteiger partial charge on any atom is -0.448 e. The predicted molar refractivity (Wildman–Crippen MR) is 121 cm³/mol. The van der Waals surface area contributed by atoms with E-state index in [2.05, 4.69) is 27.2 Å². The van der Waals surface area contributed by atoms with E-state index in [0.29, 0.717) is 11.6 Å². The van der Waals surface area contributed by atoms with E-state index in [4.69, 9.17) is 16.3 Å². The van der Waals surface area contributed by atoms with Gasteiger partial charge in [-0.2, -0.15) is 5.10 Å². The highest BCUT2D eigenvalue weighted by Crippen LogP contribution is 2.23. The van der Waals surface area contributed by atoms with Crippen LogP contribution in [0.5, 0.6) is 0 Å². The summed E-state index contributed by atoms with van der Waals surface area (Å²) >= 11 is 5.93. The number of carbonyl (C=O) groups is 1. The molecule has 0 aliphatic heterocycles. The second-order valence-corrected chi connectivity index (χ2v) is 7.32. The average molecular weight is 449 g/mol. The first-order valence-electron chi connectivity index (χ1n) is 9.76. The molecule has 0 spiro atoms. The maximum absolute atomic E-state index is 13.9. The van der Waals surface area contributed by atoms with Gasteiger partial charge in [-0.05, 0) is 42.5 Å². The Morgan fingerprint density at radius 1 is 1.16 bits per heavy atom. The van der Waals surface area contributed by atoms with E-state index in [0.717, 1.165) is 27.6 Å². The Labute approximate surface area is 189 Å². The van der Waals surface area contributed by atoms with Crippen molar-refractivity contribution in [3.63, 3.8) is 0 Å². The Kier molecular flexibility index (Phi) is 6.34. The summed E-state index contributed by atoms with van der Waals surface area (Å²) in [5.41, 5.74) is 3.58. The maximum atomic E-state index is 13.9. The number of pyridine rings is 1. The fourth-order valence-electron chi connectivity index (χ4n) is 3.04. The molecule has 4 rings (SSSR count). The zero-order chi connectivity index (χ0) is 22.5. The van der Waals surface area contributed by atoms with Crippen LogP contribution in [-0.4, -0.2) is 34.5 Å². The van der Waals surface area contributed by atoms with Crippen LogP contribution in [0.1, 0.15) is 11.1 Å². The number of ether oxygens (including phenoxy) is 1. The monoisotopic (exact) mass is 448 g/mol. The summed E-state index contributed by atoms with van der Waals surface area (Å²) in [6.07, 6.45) is 4.89. The number of hydrogen-bond donors (Lipinski definition) is 1. The van der Waals surface area contributed by atoms with Crippen molar-refractivity contribution < 1.29 is 13.9 Å². The number of hydrogen-bond acceptors (Lipinski definition) is 4. The predicted octanol–water partition coefficient (Wildman–Crippen LogP) is 4.65. The fourth-order valence-corrected chi connectivity index (χ4v) is 3.21. The third-order valence-electron chi connectivity index (χ3n) is 4.68. The van der Waals surface area contributed by atoms with E-state index >= 15 is 0 Å². The fraction of sp³-hybridized carbons (Fsp3) is 0.125. The van der Waals surface area contributed by atoms with Crippen molar-refractivity contribution >= 4 is 28.6 Å². The van der Waals surface area contributed by atoms with E-state index in [1.54, 1.807) is 17.1 Å². The Morgan fingerprint density at radius 3 is 2.88 bits per heavy atom. The van der Waals surface area contributed by atoms with Crippen LogP contribution in [0.2, 0.25) is 5.02 Å². The Hall–Kier alpha value is -3.89. The number of nitrogens with one attached hydrogen (secondary N) is 1. The lowest BCUT2D eigenvalue weighted by molar-refractivity contribution is 0.143. The number of aromatic nitrogens is 3. The van der Waals surface area contributed by atoms with E-state index in [1.165, 1.54) is 25.2 Å². The molecule has 2 aromatic heterocycles. The van der Waals surface area contributed by atoms with Crippen LogP contribution in [-0.2, 0) is 11.3 Å². The molecule has 0 fully saturated rings. The van der Waals surface area contributed by atoms with Gasteiger partial charge in [0.05, 0.1) is 23.8 Å². The van der Waals surface area contributed by atoms with Gasteiger partial charge < -0.3 is 10.1 Å². The summed E-state index contributed by atoms with van der Waals surface area (Å²) in [7, 11) is 1.51. The molecule has 8 heteroatoms. The second kappa shape index (κ2) is 9.50. The Morgan fingerprint density at radius 2 is 2.03 bits per heavy atom. The first-order valence-corrected chi connectivity index (χ1v) is 10.1. The van der Waals surface area contributed by atoms with Crippen LogP contribution in [0, 0.1) is 17.7 Å². The molecule has 6 nitrogen and oxygen atoms in total. The summed E-state index contributed by atoms with van der Waals surface area (Å²) in [5.74, 6) is 5.40. The van der Waals surface area contributed by atoms with Crippen LogP contribution >= 0.6 is 11.6 Å². The normalized spacial score (nSPS) is 10.5. The highest BCUT2D eigenvalue weighted by Gasteiger charge is 2.06. The minimum absolute atomic E-state index is 0.214. The minimum atomic E-state index is -0.479. The van der Waals surface area contributed by atoms with Gasteiger partial charge in [-0.3, -0.25) is 9.67 Å². The summed E-state index contributed by atoms with van der Waals surface area (Å²) in [4.78, 5) is 15.6. The van der Waals surface area contributed by atoms with Crippen molar-refractivity contribution in [2.24, 2.45) is 0 Å². The standard InChI is InChI=1S/C24H18ClFN4O2/c1-27-24(31)32-9-8-30-15-20(14-29-30)19-11-18-10-16(3-7-23(18)28-13-19)2-4-17-12-21(25)5-6-22(17)26/h3,5-7,10-15H,8-9H2,1H3,(H,27,31). The first-order chi connectivity index (χ1) is 15.5. The molecule has 0 bridgehead atoms. The molecule has 32 heavy (non-hydrogen) atoms. The lowest BCUT2D eigenvalue weighted by Gasteiger charge is -2.04. The highest BCUT2D eigenvalue weighted by atomic mass is 35.5. The summed E-state index contributed by atoms with van der Waals surface area (Å²) in [6.45, 7) is 0.653. The van der Waals surface area contributed by atoms with Crippen molar-refractivity contribution in [3.05, 3.63) is 83.0 Å². The largest absolute Gasteiger partial charge is 0.448 e. The number of amides is 1. The average Bonchev–Trinajstić information content (AvgIpc) is 3.28. The van der Waals surface area contributed by atoms with E-state index in [9.17, 15) is 9.18 Å². The molecule has 0 saturated heterocycles. The molecule has 4 aromatic rings. The van der Waals surface area contributed by atoms with Crippen LogP contribution in [0.3, 0.4) is 0 Å². The molecule has 0 unspecified atom stereocenters.